The molecule has 1 aliphatic rings. The highest BCUT2D eigenvalue weighted by Crippen LogP contribution is 2.35. The highest BCUT2D eigenvalue weighted by atomic mass is 79.9. The second kappa shape index (κ2) is 8.27. The molecule has 2 aromatic rings. The Kier molecular flexibility index (Phi) is 6.21. The van der Waals surface area contributed by atoms with Crippen molar-refractivity contribution in [3.63, 3.8) is 0 Å². The summed E-state index contributed by atoms with van der Waals surface area (Å²) in [5.41, 5.74) is 1.38. The standard InChI is InChI=1S/C20H25BrN2O3S/c1-20(2,3)26-19(24)23-11-9-14(10-12-23)18-22-16(17(21)25-18)13-5-7-15(27-4)8-6-13/h5-8,14H,9-12H2,1-4H3. The number of carbonyl (C=O) groups excluding carboxylic acids is 1. The minimum absolute atomic E-state index is 0.208. The van der Waals surface area contributed by atoms with Crippen LogP contribution in [-0.2, 0) is 4.74 Å². The first-order chi connectivity index (χ1) is 12.8. The molecule has 0 spiro atoms. The second-order valence-electron chi connectivity index (χ2n) is 7.64. The SMILES string of the molecule is CSc1ccc(-c2nc(C3CCN(C(=O)OC(C)(C)C)CC3)oc2Br)cc1. The number of aromatic nitrogens is 1. The van der Waals surface area contributed by atoms with Crippen molar-refractivity contribution in [1.82, 2.24) is 9.88 Å². The molecular formula is C20H25BrN2O3S. The van der Waals surface area contributed by atoms with Crippen LogP contribution in [0.15, 0.2) is 38.2 Å². The van der Waals surface area contributed by atoms with E-state index in [4.69, 9.17) is 14.1 Å². The van der Waals surface area contributed by atoms with Crippen molar-refractivity contribution < 1.29 is 13.9 Å². The van der Waals surface area contributed by atoms with Gasteiger partial charge < -0.3 is 14.1 Å². The van der Waals surface area contributed by atoms with E-state index in [9.17, 15) is 4.79 Å². The first kappa shape index (κ1) is 20.3. The van der Waals surface area contributed by atoms with Crippen molar-refractivity contribution in [3.05, 3.63) is 34.8 Å². The maximum Gasteiger partial charge on any atom is 0.410 e. The zero-order chi connectivity index (χ0) is 19.6. The fourth-order valence-corrected chi connectivity index (χ4v) is 3.95. The lowest BCUT2D eigenvalue weighted by atomic mass is 9.97. The Labute approximate surface area is 173 Å². The fourth-order valence-electron chi connectivity index (χ4n) is 3.05. The summed E-state index contributed by atoms with van der Waals surface area (Å²) >= 11 is 5.22. The molecule has 0 atom stereocenters. The number of benzene rings is 1. The molecule has 0 bridgehead atoms. The van der Waals surface area contributed by atoms with Crippen molar-refractivity contribution in [3.8, 4) is 11.3 Å². The van der Waals surface area contributed by atoms with Gasteiger partial charge in [-0.05, 0) is 67.9 Å². The van der Waals surface area contributed by atoms with E-state index in [2.05, 4.69) is 46.5 Å². The van der Waals surface area contributed by atoms with Crippen LogP contribution in [0, 0.1) is 0 Å². The lowest BCUT2D eigenvalue weighted by Gasteiger charge is -2.32. The maximum atomic E-state index is 12.2. The van der Waals surface area contributed by atoms with Gasteiger partial charge in [0.15, 0.2) is 10.6 Å². The summed E-state index contributed by atoms with van der Waals surface area (Å²) in [5, 5.41) is 0. The molecule has 1 fully saturated rings. The molecule has 27 heavy (non-hydrogen) atoms. The number of likely N-dealkylation sites (tertiary alicyclic amines) is 1. The van der Waals surface area contributed by atoms with Crippen LogP contribution >= 0.6 is 27.7 Å². The van der Waals surface area contributed by atoms with Crippen LogP contribution in [0.3, 0.4) is 0 Å². The first-order valence-electron chi connectivity index (χ1n) is 9.05. The highest BCUT2D eigenvalue weighted by Gasteiger charge is 2.30. The number of piperidine rings is 1. The van der Waals surface area contributed by atoms with Gasteiger partial charge in [-0.1, -0.05) is 12.1 Å². The molecule has 0 radical (unpaired) electrons. The monoisotopic (exact) mass is 452 g/mol. The molecule has 0 N–H and O–H groups in total. The van der Waals surface area contributed by atoms with Crippen LogP contribution in [0.4, 0.5) is 4.79 Å². The maximum absolute atomic E-state index is 12.2. The third-order valence-electron chi connectivity index (χ3n) is 4.46. The molecule has 146 valence electrons. The van der Waals surface area contributed by atoms with Gasteiger partial charge in [-0.3, -0.25) is 0 Å². The molecule has 0 unspecified atom stereocenters. The van der Waals surface area contributed by atoms with Crippen LogP contribution in [0.5, 0.6) is 0 Å². The van der Waals surface area contributed by atoms with E-state index in [1.807, 2.05) is 20.8 Å². The number of hydrogen-bond acceptors (Lipinski definition) is 5. The number of halogens is 1. The molecule has 5 nitrogen and oxygen atoms in total. The molecule has 7 heteroatoms. The number of hydrogen-bond donors (Lipinski definition) is 0. The summed E-state index contributed by atoms with van der Waals surface area (Å²) in [7, 11) is 0. The summed E-state index contributed by atoms with van der Waals surface area (Å²) in [6, 6.07) is 8.28. The molecule has 2 heterocycles. The van der Waals surface area contributed by atoms with Crippen molar-refractivity contribution >= 4 is 33.8 Å². The summed E-state index contributed by atoms with van der Waals surface area (Å²) in [4.78, 5) is 19.9. The van der Waals surface area contributed by atoms with Crippen molar-refractivity contribution in [2.45, 2.75) is 50.0 Å². The Morgan fingerprint density at radius 3 is 2.44 bits per heavy atom. The van der Waals surface area contributed by atoms with Crippen LogP contribution < -0.4 is 0 Å². The molecule has 1 aliphatic heterocycles. The van der Waals surface area contributed by atoms with E-state index in [-0.39, 0.29) is 12.0 Å². The molecule has 1 aromatic heterocycles. The summed E-state index contributed by atoms with van der Waals surface area (Å²) in [5.74, 6) is 0.939. The van der Waals surface area contributed by atoms with Gasteiger partial charge in [0, 0.05) is 29.5 Å². The number of nitrogens with zero attached hydrogens (tertiary/aromatic N) is 2. The van der Waals surface area contributed by atoms with Gasteiger partial charge in [-0.15, -0.1) is 11.8 Å². The Balaban J connectivity index is 1.66. The van der Waals surface area contributed by atoms with Crippen LogP contribution in [-0.4, -0.2) is 40.9 Å². The van der Waals surface area contributed by atoms with Crippen molar-refractivity contribution in [2.75, 3.05) is 19.3 Å². The molecule has 1 amide bonds. The molecule has 0 saturated carbocycles. The van der Waals surface area contributed by atoms with Crippen molar-refractivity contribution in [2.24, 2.45) is 0 Å². The quantitative estimate of drug-likeness (QED) is 0.539. The van der Waals surface area contributed by atoms with Gasteiger partial charge in [0.25, 0.3) is 0 Å². The second-order valence-corrected chi connectivity index (χ2v) is 9.24. The van der Waals surface area contributed by atoms with E-state index >= 15 is 0 Å². The zero-order valence-corrected chi connectivity index (χ0v) is 18.5. The Bertz CT molecular complexity index is 791. The van der Waals surface area contributed by atoms with Gasteiger partial charge >= 0.3 is 6.09 Å². The molecular weight excluding hydrogens is 428 g/mol. The van der Waals surface area contributed by atoms with Crippen molar-refractivity contribution in [1.29, 1.82) is 0 Å². The number of amides is 1. The van der Waals surface area contributed by atoms with E-state index < -0.39 is 5.60 Å². The van der Waals surface area contributed by atoms with Gasteiger partial charge in [-0.25, -0.2) is 9.78 Å². The van der Waals surface area contributed by atoms with E-state index in [1.165, 1.54) is 4.90 Å². The van der Waals surface area contributed by atoms with Gasteiger partial charge in [0.2, 0.25) is 0 Å². The molecule has 1 aromatic carbocycles. The average Bonchev–Trinajstić information content (AvgIpc) is 3.02. The largest absolute Gasteiger partial charge is 0.444 e. The summed E-state index contributed by atoms with van der Waals surface area (Å²) in [6.45, 7) is 6.95. The highest BCUT2D eigenvalue weighted by molar-refractivity contribution is 9.10. The minimum atomic E-state index is -0.470. The first-order valence-corrected chi connectivity index (χ1v) is 11.1. The predicted octanol–water partition coefficient (Wildman–Crippen LogP) is 5.94. The number of thioether (sulfide) groups is 1. The number of ether oxygens (including phenoxy) is 1. The Hall–Kier alpha value is -1.47. The zero-order valence-electron chi connectivity index (χ0n) is 16.1. The topological polar surface area (TPSA) is 55.6 Å². The predicted molar refractivity (Wildman–Crippen MR) is 111 cm³/mol. The normalized spacial score (nSPS) is 15.8. The van der Waals surface area contributed by atoms with Crippen LogP contribution in [0.2, 0.25) is 0 Å². The number of oxazole rings is 1. The number of rotatable bonds is 3. The Morgan fingerprint density at radius 2 is 1.89 bits per heavy atom. The van der Waals surface area contributed by atoms with E-state index in [1.54, 1.807) is 16.7 Å². The third kappa shape index (κ3) is 5.08. The Morgan fingerprint density at radius 1 is 1.26 bits per heavy atom. The lowest BCUT2D eigenvalue weighted by molar-refractivity contribution is 0.0199. The molecule has 0 aliphatic carbocycles. The van der Waals surface area contributed by atoms with E-state index in [0.29, 0.717) is 17.8 Å². The van der Waals surface area contributed by atoms with Crippen LogP contribution in [0.25, 0.3) is 11.3 Å². The van der Waals surface area contributed by atoms with E-state index in [0.717, 1.165) is 30.0 Å². The fraction of sp³-hybridized carbons (Fsp3) is 0.500. The summed E-state index contributed by atoms with van der Waals surface area (Å²) < 4.78 is 12.0. The molecule has 1 saturated heterocycles. The third-order valence-corrected chi connectivity index (χ3v) is 5.74. The summed E-state index contributed by atoms with van der Waals surface area (Å²) in [6.07, 6.45) is 3.45. The number of carbonyl (C=O) groups is 1. The van der Waals surface area contributed by atoms with Gasteiger partial charge in [0.1, 0.15) is 11.3 Å². The minimum Gasteiger partial charge on any atom is -0.444 e. The van der Waals surface area contributed by atoms with Gasteiger partial charge in [-0.2, -0.15) is 0 Å². The smallest absolute Gasteiger partial charge is 0.410 e. The van der Waals surface area contributed by atoms with Crippen LogP contribution in [0.1, 0.15) is 45.4 Å². The molecule has 3 rings (SSSR count). The average molecular weight is 453 g/mol. The van der Waals surface area contributed by atoms with Gasteiger partial charge in [0.05, 0.1) is 0 Å². The lowest BCUT2D eigenvalue weighted by Crippen LogP contribution is -2.41.